The van der Waals surface area contributed by atoms with Gasteiger partial charge in [-0.2, -0.15) is 0 Å². The topological polar surface area (TPSA) is 37.4 Å². The molecule has 0 bridgehead atoms. The lowest BCUT2D eigenvalue weighted by atomic mass is 10.2. The summed E-state index contributed by atoms with van der Waals surface area (Å²) >= 11 is 0. The van der Waals surface area contributed by atoms with Gasteiger partial charge in [0.05, 0.1) is 13.3 Å². The molecule has 4 heteroatoms. The van der Waals surface area contributed by atoms with Crippen molar-refractivity contribution in [2.45, 2.75) is 32.2 Å². The predicted molar refractivity (Wildman–Crippen MR) is 74.3 cm³/mol. The largest absolute Gasteiger partial charge is 0.495 e. The van der Waals surface area contributed by atoms with E-state index < -0.39 is 0 Å². The second kappa shape index (κ2) is 6.59. The van der Waals surface area contributed by atoms with Crippen LogP contribution in [0.1, 0.15) is 26.2 Å². The number of nitrogens with zero attached hydrogens (tertiary/aromatic N) is 2. The smallest absolute Gasteiger partial charge is 0.137 e. The molecule has 1 aliphatic heterocycles. The summed E-state index contributed by atoms with van der Waals surface area (Å²) in [5.74, 6) is 1.88. The zero-order valence-corrected chi connectivity index (χ0v) is 11.4. The molecule has 0 aliphatic carbocycles. The van der Waals surface area contributed by atoms with Gasteiger partial charge in [-0.15, -0.1) is 0 Å². The molecule has 18 heavy (non-hydrogen) atoms. The van der Waals surface area contributed by atoms with Gasteiger partial charge < -0.3 is 15.0 Å². The van der Waals surface area contributed by atoms with E-state index in [1.165, 1.54) is 19.3 Å². The van der Waals surface area contributed by atoms with Crippen LogP contribution in [0.4, 0.5) is 5.82 Å². The number of hydrogen-bond acceptors (Lipinski definition) is 4. The quantitative estimate of drug-likeness (QED) is 0.783. The summed E-state index contributed by atoms with van der Waals surface area (Å²) < 4.78 is 5.14. The number of ether oxygens (including phenoxy) is 1. The van der Waals surface area contributed by atoms with Crippen LogP contribution in [0.15, 0.2) is 18.3 Å². The minimum atomic E-state index is 0.581. The van der Waals surface area contributed by atoms with E-state index in [1.807, 2.05) is 6.07 Å². The van der Waals surface area contributed by atoms with Crippen LogP contribution in [0, 0.1) is 0 Å². The fourth-order valence-electron chi connectivity index (χ4n) is 2.46. The first-order chi connectivity index (χ1) is 8.85. The van der Waals surface area contributed by atoms with Crippen LogP contribution < -0.4 is 15.0 Å². The normalized spacial score (nSPS) is 19.2. The maximum Gasteiger partial charge on any atom is 0.137 e. The molecule has 1 aromatic rings. The lowest BCUT2D eigenvalue weighted by Crippen LogP contribution is -2.38. The number of rotatable bonds is 6. The summed E-state index contributed by atoms with van der Waals surface area (Å²) in [4.78, 5) is 6.89. The molecule has 100 valence electrons. The molecule has 1 aromatic heterocycles. The Hall–Kier alpha value is -1.29. The second-order valence-electron chi connectivity index (χ2n) is 4.75. The minimum absolute atomic E-state index is 0.581. The zero-order chi connectivity index (χ0) is 12.8. The fraction of sp³-hybridized carbons (Fsp3) is 0.643. The number of anilines is 1. The molecule has 0 spiro atoms. The molecule has 1 aliphatic rings. The average Bonchev–Trinajstić information content (AvgIpc) is 2.88. The van der Waals surface area contributed by atoms with Gasteiger partial charge in [-0.3, -0.25) is 0 Å². The third kappa shape index (κ3) is 3.13. The van der Waals surface area contributed by atoms with Crippen molar-refractivity contribution >= 4 is 5.82 Å². The van der Waals surface area contributed by atoms with Crippen molar-refractivity contribution in [3.63, 3.8) is 0 Å². The number of nitrogens with one attached hydrogen (secondary N) is 1. The molecule has 0 radical (unpaired) electrons. The van der Waals surface area contributed by atoms with E-state index in [0.29, 0.717) is 6.04 Å². The molecule has 1 saturated heterocycles. The Kier molecular flexibility index (Phi) is 4.81. The first-order valence-electron chi connectivity index (χ1n) is 6.82. The van der Waals surface area contributed by atoms with Crippen LogP contribution >= 0.6 is 0 Å². The van der Waals surface area contributed by atoms with Gasteiger partial charge in [-0.25, -0.2) is 4.98 Å². The SMILES string of the molecule is CCCNCC1CCCN1c1ccc(OC)cn1. The van der Waals surface area contributed by atoms with Crippen molar-refractivity contribution < 1.29 is 4.74 Å². The van der Waals surface area contributed by atoms with Gasteiger partial charge in [0.2, 0.25) is 0 Å². The Labute approximate surface area is 109 Å². The number of methoxy groups -OCH3 is 1. The second-order valence-corrected chi connectivity index (χ2v) is 4.75. The Balaban J connectivity index is 1.96. The van der Waals surface area contributed by atoms with E-state index >= 15 is 0 Å². The molecule has 1 atom stereocenters. The van der Waals surface area contributed by atoms with Gasteiger partial charge in [0.25, 0.3) is 0 Å². The Morgan fingerprint density at radius 2 is 2.39 bits per heavy atom. The fourth-order valence-corrected chi connectivity index (χ4v) is 2.46. The average molecular weight is 249 g/mol. The lowest BCUT2D eigenvalue weighted by Gasteiger charge is -2.26. The van der Waals surface area contributed by atoms with Crippen molar-refractivity contribution in [3.05, 3.63) is 18.3 Å². The molecule has 1 N–H and O–H groups in total. The molecule has 4 nitrogen and oxygen atoms in total. The van der Waals surface area contributed by atoms with Gasteiger partial charge in [-0.1, -0.05) is 6.92 Å². The Bertz CT molecular complexity index is 353. The molecule has 0 saturated carbocycles. The highest BCUT2D eigenvalue weighted by molar-refractivity contribution is 5.43. The highest BCUT2D eigenvalue weighted by Gasteiger charge is 2.24. The first-order valence-corrected chi connectivity index (χ1v) is 6.82. The Morgan fingerprint density at radius 3 is 3.06 bits per heavy atom. The molecule has 2 rings (SSSR count). The molecule has 0 aromatic carbocycles. The maximum atomic E-state index is 5.14. The summed E-state index contributed by atoms with van der Waals surface area (Å²) in [7, 11) is 1.67. The van der Waals surface area contributed by atoms with Crippen LogP contribution in [0.25, 0.3) is 0 Å². The van der Waals surface area contributed by atoms with Crippen molar-refractivity contribution in [1.82, 2.24) is 10.3 Å². The highest BCUT2D eigenvalue weighted by atomic mass is 16.5. The van der Waals surface area contributed by atoms with Crippen LogP contribution in [-0.2, 0) is 0 Å². The molecular formula is C14H23N3O. The van der Waals surface area contributed by atoms with E-state index in [9.17, 15) is 0 Å². The number of hydrogen-bond donors (Lipinski definition) is 1. The zero-order valence-electron chi connectivity index (χ0n) is 11.4. The van der Waals surface area contributed by atoms with Crippen molar-refractivity contribution in [3.8, 4) is 5.75 Å². The van der Waals surface area contributed by atoms with Crippen molar-refractivity contribution in [2.24, 2.45) is 0 Å². The van der Waals surface area contributed by atoms with Crippen molar-refractivity contribution in [2.75, 3.05) is 31.6 Å². The van der Waals surface area contributed by atoms with Gasteiger partial charge in [-0.05, 0) is 37.9 Å². The van der Waals surface area contributed by atoms with E-state index in [1.54, 1.807) is 13.3 Å². The van der Waals surface area contributed by atoms with E-state index in [2.05, 4.69) is 28.2 Å². The highest BCUT2D eigenvalue weighted by Crippen LogP contribution is 2.24. The van der Waals surface area contributed by atoms with Gasteiger partial charge >= 0.3 is 0 Å². The van der Waals surface area contributed by atoms with Gasteiger partial charge in [0.15, 0.2) is 0 Å². The molecule has 1 unspecified atom stereocenters. The molecular weight excluding hydrogens is 226 g/mol. The lowest BCUT2D eigenvalue weighted by molar-refractivity contribution is 0.413. The van der Waals surface area contributed by atoms with Gasteiger partial charge in [0, 0.05) is 19.1 Å². The van der Waals surface area contributed by atoms with E-state index in [0.717, 1.165) is 31.2 Å². The summed E-state index contributed by atoms with van der Waals surface area (Å²) in [6.45, 7) is 5.46. The predicted octanol–water partition coefficient (Wildman–Crippen LogP) is 2.06. The van der Waals surface area contributed by atoms with Crippen LogP contribution in [0.3, 0.4) is 0 Å². The van der Waals surface area contributed by atoms with Crippen molar-refractivity contribution in [1.29, 1.82) is 0 Å². The summed E-state index contributed by atoms with van der Waals surface area (Å²) in [5.41, 5.74) is 0. The summed E-state index contributed by atoms with van der Waals surface area (Å²) in [6, 6.07) is 4.62. The first kappa shape index (κ1) is 13.1. The summed E-state index contributed by atoms with van der Waals surface area (Å²) in [6.07, 6.45) is 5.49. The van der Waals surface area contributed by atoms with E-state index in [4.69, 9.17) is 4.74 Å². The van der Waals surface area contributed by atoms with Gasteiger partial charge in [0.1, 0.15) is 11.6 Å². The third-order valence-corrected chi connectivity index (χ3v) is 3.43. The monoisotopic (exact) mass is 249 g/mol. The summed E-state index contributed by atoms with van der Waals surface area (Å²) in [5, 5.41) is 3.51. The Morgan fingerprint density at radius 1 is 1.50 bits per heavy atom. The van der Waals surface area contributed by atoms with Crippen LogP contribution in [0.5, 0.6) is 5.75 Å². The molecule has 1 fully saturated rings. The van der Waals surface area contributed by atoms with Crippen LogP contribution in [0.2, 0.25) is 0 Å². The molecule has 0 amide bonds. The third-order valence-electron chi connectivity index (χ3n) is 3.43. The standard InChI is InChI=1S/C14H23N3O/c1-3-8-15-10-12-5-4-9-17(12)14-7-6-13(18-2)11-16-14/h6-7,11-12,15H,3-5,8-10H2,1-2H3. The van der Waals surface area contributed by atoms with Crippen LogP contribution in [-0.4, -0.2) is 37.8 Å². The number of aromatic nitrogens is 1. The minimum Gasteiger partial charge on any atom is -0.495 e. The van der Waals surface area contributed by atoms with E-state index in [-0.39, 0.29) is 0 Å². The molecule has 2 heterocycles. The number of pyridine rings is 1. The maximum absolute atomic E-state index is 5.14.